The van der Waals surface area contributed by atoms with Crippen LogP contribution in [-0.2, 0) is 0 Å². The number of pyridine rings is 1. The Bertz CT molecular complexity index is 317. The fourth-order valence-corrected chi connectivity index (χ4v) is 0.820. The second-order valence-electron chi connectivity index (χ2n) is 2.26. The summed E-state index contributed by atoms with van der Waals surface area (Å²) in [6, 6.07) is 0.976. The first-order valence-electron chi connectivity index (χ1n) is 3.34. The number of methoxy groups -OCH3 is 1. The number of aromatic nitrogens is 1. The van der Waals surface area contributed by atoms with Crippen LogP contribution in [0, 0.1) is 5.95 Å². The molecule has 0 amide bonds. The first kappa shape index (κ1) is 9.63. The van der Waals surface area contributed by atoms with Gasteiger partial charge in [0.1, 0.15) is 5.75 Å². The molecule has 0 aliphatic heterocycles. The van der Waals surface area contributed by atoms with Gasteiger partial charge in [-0.3, -0.25) is 0 Å². The fraction of sp³-hybridized carbons (Fsp3) is 0.286. The van der Waals surface area contributed by atoms with Crippen molar-refractivity contribution in [1.29, 1.82) is 0 Å². The molecule has 72 valence electrons. The van der Waals surface area contributed by atoms with Gasteiger partial charge in [0, 0.05) is 6.07 Å². The Kier molecular flexibility index (Phi) is 2.60. The van der Waals surface area contributed by atoms with Crippen molar-refractivity contribution in [1.82, 2.24) is 4.98 Å². The lowest BCUT2D eigenvalue weighted by atomic mass is 10.3. The van der Waals surface area contributed by atoms with Crippen LogP contribution in [0.5, 0.6) is 5.75 Å². The van der Waals surface area contributed by atoms with Crippen LogP contribution in [0.3, 0.4) is 0 Å². The van der Waals surface area contributed by atoms with E-state index in [4.69, 9.17) is 5.73 Å². The number of hydrogen-bond donors (Lipinski definition) is 1. The van der Waals surface area contributed by atoms with Crippen LogP contribution in [0.2, 0.25) is 0 Å². The van der Waals surface area contributed by atoms with E-state index in [-0.39, 0.29) is 11.4 Å². The molecule has 0 fully saturated rings. The Morgan fingerprint density at radius 2 is 2.15 bits per heavy atom. The number of alkyl halides is 2. The number of halogens is 3. The van der Waals surface area contributed by atoms with Crippen LogP contribution in [0.15, 0.2) is 6.07 Å². The molecule has 0 aromatic carbocycles. The Hall–Kier alpha value is -1.46. The minimum atomic E-state index is -2.88. The molecule has 0 unspecified atom stereocenters. The molecule has 0 saturated heterocycles. The van der Waals surface area contributed by atoms with Crippen LogP contribution >= 0.6 is 0 Å². The number of ether oxygens (including phenoxy) is 1. The number of nitrogens with two attached hydrogens (primary N) is 1. The standard InChI is InChI=1S/C7H7F3N2O/c1-13-4-2-3(11)7(10)12-5(4)6(8)9/h2,6H,11H2,1H3. The average Bonchev–Trinajstić information content (AvgIpc) is 2.08. The summed E-state index contributed by atoms with van der Waals surface area (Å²) in [6.45, 7) is 0. The lowest BCUT2D eigenvalue weighted by Crippen LogP contribution is -2.02. The molecule has 0 saturated carbocycles. The van der Waals surface area contributed by atoms with Gasteiger partial charge >= 0.3 is 0 Å². The summed E-state index contributed by atoms with van der Waals surface area (Å²) < 4.78 is 41.5. The molecule has 13 heavy (non-hydrogen) atoms. The van der Waals surface area contributed by atoms with Gasteiger partial charge in [-0.15, -0.1) is 0 Å². The van der Waals surface area contributed by atoms with Crippen LogP contribution in [0.1, 0.15) is 12.1 Å². The van der Waals surface area contributed by atoms with Gasteiger partial charge in [0.05, 0.1) is 12.8 Å². The summed E-state index contributed by atoms with van der Waals surface area (Å²) in [5.74, 6) is -1.33. The zero-order valence-corrected chi connectivity index (χ0v) is 6.72. The first-order chi connectivity index (χ1) is 6.06. The second-order valence-corrected chi connectivity index (χ2v) is 2.26. The topological polar surface area (TPSA) is 48.1 Å². The molecular weight excluding hydrogens is 185 g/mol. The summed E-state index contributed by atoms with van der Waals surface area (Å²) in [5, 5.41) is 0. The summed E-state index contributed by atoms with van der Waals surface area (Å²) in [7, 11) is 1.18. The lowest BCUT2D eigenvalue weighted by molar-refractivity contribution is 0.140. The molecule has 6 heteroatoms. The third-order valence-electron chi connectivity index (χ3n) is 1.42. The first-order valence-corrected chi connectivity index (χ1v) is 3.34. The van der Waals surface area contributed by atoms with E-state index in [2.05, 4.69) is 9.72 Å². The molecule has 3 nitrogen and oxygen atoms in total. The molecule has 0 spiro atoms. The minimum Gasteiger partial charge on any atom is -0.495 e. The highest BCUT2D eigenvalue weighted by molar-refractivity contribution is 5.45. The van der Waals surface area contributed by atoms with Crippen LogP contribution in [0.4, 0.5) is 18.9 Å². The van der Waals surface area contributed by atoms with Crippen LogP contribution in [0.25, 0.3) is 0 Å². The quantitative estimate of drug-likeness (QED) is 0.726. The van der Waals surface area contributed by atoms with Gasteiger partial charge in [-0.05, 0) is 0 Å². The van der Waals surface area contributed by atoms with E-state index < -0.39 is 18.1 Å². The van der Waals surface area contributed by atoms with E-state index in [1.807, 2.05) is 0 Å². The highest BCUT2D eigenvalue weighted by Gasteiger charge is 2.18. The van der Waals surface area contributed by atoms with E-state index in [1.165, 1.54) is 7.11 Å². The van der Waals surface area contributed by atoms with Gasteiger partial charge in [0.2, 0.25) is 5.95 Å². The molecule has 0 atom stereocenters. The molecule has 0 aliphatic rings. The largest absolute Gasteiger partial charge is 0.495 e. The van der Waals surface area contributed by atoms with Gasteiger partial charge in [0.15, 0.2) is 5.69 Å². The minimum absolute atomic E-state index is 0.214. The summed E-state index contributed by atoms with van der Waals surface area (Å²) in [6.07, 6.45) is -2.88. The Balaban J connectivity index is 3.25. The molecule has 0 bridgehead atoms. The third kappa shape index (κ3) is 1.82. The number of rotatable bonds is 2. The average molecular weight is 192 g/mol. The van der Waals surface area contributed by atoms with Crippen molar-refractivity contribution in [2.75, 3.05) is 12.8 Å². The smallest absolute Gasteiger partial charge is 0.284 e. The predicted octanol–water partition coefficient (Wildman–Crippen LogP) is 1.75. The Morgan fingerprint density at radius 1 is 1.54 bits per heavy atom. The molecule has 1 rings (SSSR count). The Morgan fingerprint density at radius 3 is 2.62 bits per heavy atom. The van der Waals surface area contributed by atoms with Crippen molar-refractivity contribution in [2.24, 2.45) is 0 Å². The summed E-state index contributed by atoms with van der Waals surface area (Å²) in [5.41, 5.74) is 4.04. The third-order valence-corrected chi connectivity index (χ3v) is 1.42. The maximum absolute atomic E-state index is 12.6. The highest BCUT2D eigenvalue weighted by Crippen LogP contribution is 2.29. The van der Waals surface area contributed by atoms with E-state index in [0.717, 1.165) is 6.07 Å². The zero-order valence-electron chi connectivity index (χ0n) is 6.72. The van der Waals surface area contributed by atoms with Crippen LogP contribution in [-0.4, -0.2) is 12.1 Å². The molecule has 0 aliphatic carbocycles. The van der Waals surface area contributed by atoms with Crippen molar-refractivity contribution in [2.45, 2.75) is 6.43 Å². The van der Waals surface area contributed by atoms with Crippen LogP contribution < -0.4 is 10.5 Å². The van der Waals surface area contributed by atoms with E-state index in [0.29, 0.717) is 0 Å². The predicted molar refractivity (Wildman–Crippen MR) is 40.1 cm³/mol. The highest BCUT2D eigenvalue weighted by atomic mass is 19.3. The monoisotopic (exact) mass is 192 g/mol. The van der Waals surface area contributed by atoms with Gasteiger partial charge in [0.25, 0.3) is 6.43 Å². The zero-order chi connectivity index (χ0) is 10.0. The molecule has 1 heterocycles. The van der Waals surface area contributed by atoms with Crippen molar-refractivity contribution < 1.29 is 17.9 Å². The summed E-state index contributed by atoms with van der Waals surface area (Å²) in [4.78, 5) is 2.98. The van der Waals surface area contributed by atoms with Crippen molar-refractivity contribution in [3.8, 4) is 5.75 Å². The molecular formula is C7H7F3N2O. The second kappa shape index (κ2) is 3.51. The van der Waals surface area contributed by atoms with Gasteiger partial charge < -0.3 is 10.5 Å². The summed E-state index contributed by atoms with van der Waals surface area (Å²) >= 11 is 0. The van der Waals surface area contributed by atoms with Gasteiger partial charge in [-0.1, -0.05) is 0 Å². The lowest BCUT2D eigenvalue weighted by Gasteiger charge is -2.07. The van der Waals surface area contributed by atoms with Crippen molar-refractivity contribution >= 4 is 5.69 Å². The van der Waals surface area contributed by atoms with E-state index in [1.54, 1.807) is 0 Å². The van der Waals surface area contributed by atoms with Crippen molar-refractivity contribution in [3.63, 3.8) is 0 Å². The molecule has 1 aromatic rings. The number of nitrogen functional groups attached to an aromatic ring is 1. The Labute approximate surface area is 72.3 Å². The molecule has 1 aromatic heterocycles. The normalized spacial score (nSPS) is 10.5. The fourth-order valence-electron chi connectivity index (χ4n) is 0.820. The van der Waals surface area contributed by atoms with Gasteiger partial charge in [-0.25, -0.2) is 13.8 Å². The number of hydrogen-bond acceptors (Lipinski definition) is 3. The maximum Gasteiger partial charge on any atom is 0.284 e. The van der Waals surface area contributed by atoms with E-state index in [9.17, 15) is 13.2 Å². The SMILES string of the molecule is COc1cc(N)c(F)nc1C(F)F. The molecule has 0 radical (unpaired) electrons. The number of nitrogens with zero attached hydrogens (tertiary/aromatic N) is 1. The number of anilines is 1. The van der Waals surface area contributed by atoms with Gasteiger partial charge in [-0.2, -0.15) is 4.39 Å². The van der Waals surface area contributed by atoms with Crippen molar-refractivity contribution in [3.05, 3.63) is 17.7 Å². The molecule has 2 N–H and O–H groups in total. The van der Waals surface area contributed by atoms with E-state index >= 15 is 0 Å². The maximum atomic E-state index is 12.6.